The van der Waals surface area contributed by atoms with Crippen LogP contribution >= 0.6 is 0 Å². The number of hydrogen-bond donors (Lipinski definition) is 1. The van der Waals surface area contributed by atoms with Gasteiger partial charge in [0.1, 0.15) is 5.56 Å². The van der Waals surface area contributed by atoms with Crippen molar-refractivity contribution in [2.75, 3.05) is 0 Å². The van der Waals surface area contributed by atoms with Gasteiger partial charge < -0.3 is 5.11 Å². The summed E-state index contributed by atoms with van der Waals surface area (Å²) in [6.07, 6.45) is -3.94. The number of aryl methyl sites for hydroxylation is 1. The summed E-state index contributed by atoms with van der Waals surface area (Å²) in [7, 11) is 0. The number of rotatable bonds is 2. The average Bonchev–Trinajstić information content (AvgIpc) is 2.74. The lowest BCUT2D eigenvalue weighted by Gasteiger charge is -2.05. The second-order valence-electron chi connectivity index (χ2n) is 3.93. The van der Waals surface area contributed by atoms with Crippen LogP contribution in [-0.2, 0) is 6.18 Å². The molecule has 0 aliphatic carbocycles. The number of benzene rings is 1. The van der Waals surface area contributed by atoms with E-state index in [-0.39, 0.29) is 0 Å². The quantitative estimate of drug-likeness (QED) is 0.912. The molecule has 0 bridgehead atoms. The molecule has 0 saturated heterocycles. The predicted molar refractivity (Wildman–Crippen MR) is 60.3 cm³/mol. The van der Waals surface area contributed by atoms with Gasteiger partial charge in [-0.2, -0.15) is 18.3 Å². The van der Waals surface area contributed by atoms with E-state index in [9.17, 15) is 18.0 Å². The van der Waals surface area contributed by atoms with Gasteiger partial charge in [0.2, 0.25) is 0 Å². The first-order chi connectivity index (χ1) is 8.80. The van der Waals surface area contributed by atoms with Crippen LogP contribution in [0, 0.1) is 6.92 Å². The molecule has 1 N–H and O–H groups in total. The predicted octanol–water partition coefficient (Wildman–Crippen LogP) is 2.90. The Labute approximate surface area is 106 Å². The molecule has 0 amide bonds. The number of hydrogen-bond acceptors (Lipinski definition) is 2. The third-order valence-electron chi connectivity index (χ3n) is 2.58. The van der Waals surface area contributed by atoms with Crippen LogP contribution in [0.1, 0.15) is 21.6 Å². The Bertz CT molecular complexity index is 632. The molecule has 0 spiro atoms. The van der Waals surface area contributed by atoms with E-state index in [0.29, 0.717) is 11.3 Å². The van der Waals surface area contributed by atoms with Crippen LogP contribution in [-0.4, -0.2) is 20.9 Å². The fraction of sp³-hybridized carbons (Fsp3) is 0.167. The van der Waals surface area contributed by atoms with Gasteiger partial charge in [-0.3, -0.25) is 0 Å². The molecule has 0 radical (unpaired) electrons. The van der Waals surface area contributed by atoms with Gasteiger partial charge in [-0.05, 0) is 18.6 Å². The number of carboxylic acids is 1. The van der Waals surface area contributed by atoms with Crippen LogP contribution in [0.15, 0.2) is 30.5 Å². The largest absolute Gasteiger partial charge is 0.478 e. The standard InChI is InChI=1S/C12H9F3N2O2/c1-7-4-2-3-5-9(7)17-6-8(11(18)19)10(16-17)12(13,14)15/h2-6H,1H3,(H,18,19). The van der Waals surface area contributed by atoms with E-state index < -0.39 is 23.4 Å². The highest BCUT2D eigenvalue weighted by molar-refractivity contribution is 5.89. The summed E-state index contributed by atoms with van der Waals surface area (Å²) in [4.78, 5) is 10.8. The van der Waals surface area contributed by atoms with E-state index in [0.717, 1.165) is 10.9 Å². The van der Waals surface area contributed by atoms with Gasteiger partial charge in [0.25, 0.3) is 0 Å². The number of aromatic carboxylic acids is 1. The molecule has 0 aliphatic heterocycles. The zero-order chi connectivity index (χ0) is 14.2. The molecule has 7 heteroatoms. The zero-order valence-electron chi connectivity index (χ0n) is 9.77. The molecule has 4 nitrogen and oxygen atoms in total. The van der Waals surface area contributed by atoms with Crippen molar-refractivity contribution >= 4 is 5.97 Å². The molecule has 1 aromatic carbocycles. The summed E-state index contributed by atoms with van der Waals surface area (Å²) in [5, 5.41) is 12.1. The summed E-state index contributed by atoms with van der Waals surface area (Å²) in [6.45, 7) is 1.70. The Morgan fingerprint density at radius 1 is 1.32 bits per heavy atom. The molecule has 2 aromatic rings. The molecule has 0 unspecified atom stereocenters. The minimum atomic E-state index is -4.80. The number of nitrogens with zero attached hydrogens (tertiary/aromatic N) is 2. The van der Waals surface area contributed by atoms with Crippen molar-refractivity contribution in [2.45, 2.75) is 13.1 Å². The summed E-state index contributed by atoms with van der Waals surface area (Å²) >= 11 is 0. The number of aromatic nitrogens is 2. The molecule has 0 aliphatic rings. The Balaban J connectivity index is 2.62. The third-order valence-corrected chi connectivity index (χ3v) is 2.58. The van der Waals surface area contributed by atoms with Crippen LogP contribution in [0.25, 0.3) is 5.69 Å². The Morgan fingerprint density at radius 2 is 1.95 bits per heavy atom. The van der Waals surface area contributed by atoms with E-state index >= 15 is 0 Å². The summed E-state index contributed by atoms with van der Waals surface area (Å²) < 4.78 is 39.0. The maximum atomic E-state index is 12.7. The van der Waals surface area contributed by atoms with Crippen LogP contribution in [0.4, 0.5) is 13.2 Å². The average molecular weight is 270 g/mol. The Kier molecular flexibility index (Phi) is 3.05. The van der Waals surface area contributed by atoms with Crippen molar-refractivity contribution in [3.63, 3.8) is 0 Å². The molecular formula is C12H9F3N2O2. The monoisotopic (exact) mass is 270 g/mol. The second-order valence-corrected chi connectivity index (χ2v) is 3.93. The Hall–Kier alpha value is -2.31. The highest BCUT2D eigenvalue weighted by Crippen LogP contribution is 2.31. The first-order valence-corrected chi connectivity index (χ1v) is 5.27. The number of halogens is 3. The first kappa shape index (κ1) is 13.1. The fourth-order valence-electron chi connectivity index (χ4n) is 1.68. The summed E-state index contributed by atoms with van der Waals surface area (Å²) in [6, 6.07) is 6.63. The molecule has 2 rings (SSSR count). The van der Waals surface area contributed by atoms with Crippen LogP contribution < -0.4 is 0 Å². The minimum absolute atomic E-state index is 0.403. The van der Waals surface area contributed by atoms with E-state index in [1.165, 1.54) is 0 Å². The number of carboxylic acid groups (broad SMARTS) is 1. The van der Waals surface area contributed by atoms with Gasteiger partial charge in [0.15, 0.2) is 5.69 Å². The topological polar surface area (TPSA) is 55.1 Å². The number of alkyl halides is 3. The highest BCUT2D eigenvalue weighted by atomic mass is 19.4. The van der Waals surface area contributed by atoms with Gasteiger partial charge in [0, 0.05) is 6.20 Å². The van der Waals surface area contributed by atoms with Crippen LogP contribution in [0.5, 0.6) is 0 Å². The van der Waals surface area contributed by atoms with Gasteiger partial charge >= 0.3 is 12.1 Å². The van der Waals surface area contributed by atoms with E-state index in [1.807, 2.05) is 0 Å². The minimum Gasteiger partial charge on any atom is -0.478 e. The zero-order valence-corrected chi connectivity index (χ0v) is 9.77. The van der Waals surface area contributed by atoms with Crippen molar-refractivity contribution in [1.82, 2.24) is 9.78 Å². The summed E-state index contributed by atoms with van der Waals surface area (Å²) in [5.74, 6) is -1.66. The molecule has 0 saturated carbocycles. The van der Waals surface area contributed by atoms with Gasteiger partial charge in [0.05, 0.1) is 5.69 Å². The first-order valence-electron chi connectivity index (χ1n) is 5.27. The van der Waals surface area contributed by atoms with Crippen molar-refractivity contribution in [3.05, 3.63) is 47.3 Å². The molecule has 1 heterocycles. The van der Waals surface area contributed by atoms with Gasteiger partial charge in [-0.15, -0.1) is 0 Å². The van der Waals surface area contributed by atoms with Crippen molar-refractivity contribution < 1.29 is 23.1 Å². The lowest BCUT2D eigenvalue weighted by Crippen LogP contribution is -2.12. The lowest BCUT2D eigenvalue weighted by atomic mass is 10.2. The van der Waals surface area contributed by atoms with Crippen molar-refractivity contribution in [2.24, 2.45) is 0 Å². The molecule has 19 heavy (non-hydrogen) atoms. The van der Waals surface area contributed by atoms with E-state index in [2.05, 4.69) is 5.10 Å². The van der Waals surface area contributed by atoms with Gasteiger partial charge in [-0.1, -0.05) is 18.2 Å². The SMILES string of the molecule is Cc1ccccc1-n1cc(C(=O)O)c(C(F)(F)F)n1. The molecule has 1 aromatic heterocycles. The van der Waals surface area contributed by atoms with E-state index in [1.54, 1.807) is 31.2 Å². The smallest absolute Gasteiger partial charge is 0.436 e. The Morgan fingerprint density at radius 3 is 2.42 bits per heavy atom. The molecule has 100 valence electrons. The summed E-state index contributed by atoms with van der Waals surface area (Å²) in [5.41, 5.74) is -1.17. The third kappa shape index (κ3) is 2.44. The fourth-order valence-corrected chi connectivity index (χ4v) is 1.68. The van der Waals surface area contributed by atoms with Crippen molar-refractivity contribution in [3.8, 4) is 5.69 Å². The number of para-hydroxylation sites is 1. The maximum absolute atomic E-state index is 12.7. The van der Waals surface area contributed by atoms with Gasteiger partial charge in [-0.25, -0.2) is 9.48 Å². The van der Waals surface area contributed by atoms with Crippen LogP contribution in [0.3, 0.4) is 0 Å². The van der Waals surface area contributed by atoms with Crippen molar-refractivity contribution in [1.29, 1.82) is 0 Å². The lowest BCUT2D eigenvalue weighted by molar-refractivity contribution is -0.141. The maximum Gasteiger partial charge on any atom is 0.436 e. The van der Waals surface area contributed by atoms with E-state index in [4.69, 9.17) is 5.11 Å². The number of carbonyl (C=O) groups is 1. The normalized spacial score (nSPS) is 11.6. The second kappa shape index (κ2) is 4.42. The molecular weight excluding hydrogens is 261 g/mol. The molecule has 0 fully saturated rings. The highest BCUT2D eigenvalue weighted by Gasteiger charge is 2.39. The molecule has 0 atom stereocenters. The van der Waals surface area contributed by atoms with Crippen LogP contribution in [0.2, 0.25) is 0 Å².